The Morgan fingerprint density at radius 2 is 1.53 bits per heavy atom. The van der Waals surface area contributed by atoms with Crippen molar-refractivity contribution >= 4 is 0 Å². The van der Waals surface area contributed by atoms with Crippen molar-refractivity contribution in [2.24, 2.45) is 23.2 Å². The number of rotatable bonds is 7. The lowest BCUT2D eigenvalue weighted by Crippen LogP contribution is -2.17. The van der Waals surface area contributed by atoms with E-state index in [4.69, 9.17) is 0 Å². The minimum Gasteiger partial charge on any atom is -0.0651 e. The van der Waals surface area contributed by atoms with Crippen LogP contribution in [0.25, 0.3) is 0 Å². The van der Waals surface area contributed by atoms with Crippen molar-refractivity contribution in [1.29, 1.82) is 0 Å². The smallest absolute Gasteiger partial charge is 0.0352 e. The van der Waals surface area contributed by atoms with Crippen molar-refractivity contribution in [3.05, 3.63) is 0 Å². The zero-order chi connectivity index (χ0) is 12.1. The second kappa shape index (κ2) is 6.55. The van der Waals surface area contributed by atoms with E-state index in [1.165, 1.54) is 25.7 Å². The van der Waals surface area contributed by atoms with Gasteiger partial charge in [-0.3, -0.25) is 0 Å². The first-order valence-corrected chi connectivity index (χ1v) is 6.78. The molecule has 0 aromatic rings. The Balaban J connectivity index is 3.92. The van der Waals surface area contributed by atoms with E-state index in [2.05, 4.69) is 48.5 Å². The molecule has 0 aromatic carbocycles. The van der Waals surface area contributed by atoms with E-state index in [1.54, 1.807) is 0 Å². The molecule has 2 atom stereocenters. The van der Waals surface area contributed by atoms with Crippen LogP contribution in [0, 0.1) is 23.2 Å². The molecule has 2 unspecified atom stereocenters. The topological polar surface area (TPSA) is 0 Å². The third kappa shape index (κ3) is 6.98. The van der Waals surface area contributed by atoms with Gasteiger partial charge in [0.05, 0.1) is 0 Å². The fraction of sp³-hybridized carbons (Fsp3) is 1.00. The maximum absolute atomic E-state index is 2.44. The van der Waals surface area contributed by atoms with E-state index in [9.17, 15) is 0 Å². The Kier molecular flexibility index (Phi) is 6.55. The Morgan fingerprint density at radius 3 is 1.93 bits per heavy atom. The number of hydrogen-bond acceptors (Lipinski definition) is 0. The summed E-state index contributed by atoms with van der Waals surface area (Å²) in [6, 6.07) is 0. The minimum atomic E-state index is 0.540. The molecule has 0 spiro atoms. The summed E-state index contributed by atoms with van der Waals surface area (Å²) in [5.74, 6) is 2.60. The molecule has 15 heavy (non-hydrogen) atoms. The molecule has 0 radical (unpaired) electrons. The second-order valence-electron chi connectivity index (χ2n) is 6.64. The van der Waals surface area contributed by atoms with Gasteiger partial charge in [0.2, 0.25) is 0 Å². The minimum absolute atomic E-state index is 0.540. The van der Waals surface area contributed by atoms with Crippen molar-refractivity contribution in [2.45, 2.75) is 74.1 Å². The van der Waals surface area contributed by atoms with E-state index >= 15 is 0 Å². The van der Waals surface area contributed by atoms with Crippen molar-refractivity contribution in [2.75, 3.05) is 0 Å². The van der Waals surface area contributed by atoms with E-state index in [-0.39, 0.29) is 0 Å². The average molecular weight is 212 g/mol. The Bertz CT molecular complexity index is 155. The van der Waals surface area contributed by atoms with Crippen LogP contribution in [-0.2, 0) is 0 Å². The average Bonchev–Trinajstić information content (AvgIpc) is 2.13. The zero-order valence-electron chi connectivity index (χ0n) is 12.1. The van der Waals surface area contributed by atoms with Gasteiger partial charge in [-0.05, 0) is 42.4 Å². The molecule has 0 amide bonds. The van der Waals surface area contributed by atoms with Gasteiger partial charge in [0.25, 0.3) is 0 Å². The van der Waals surface area contributed by atoms with Gasteiger partial charge in [0, 0.05) is 0 Å². The van der Waals surface area contributed by atoms with E-state index in [1.807, 2.05) is 0 Å². The first kappa shape index (κ1) is 15.0. The fourth-order valence-electron chi connectivity index (χ4n) is 2.14. The molecule has 0 heterocycles. The summed E-state index contributed by atoms with van der Waals surface area (Å²) in [4.78, 5) is 0. The van der Waals surface area contributed by atoms with Crippen LogP contribution in [0.15, 0.2) is 0 Å². The van der Waals surface area contributed by atoms with Gasteiger partial charge in [-0.1, -0.05) is 54.9 Å². The quantitative estimate of drug-likeness (QED) is 0.521. The van der Waals surface area contributed by atoms with Crippen LogP contribution in [0.1, 0.15) is 74.1 Å². The SMILES string of the molecule is CCC(C)CC(C)(C)CCC(C)C(C)C. The molecule has 0 aromatic heterocycles. The Morgan fingerprint density at radius 1 is 1.00 bits per heavy atom. The maximum atomic E-state index is 2.44. The van der Waals surface area contributed by atoms with Crippen LogP contribution in [0.2, 0.25) is 0 Å². The molecule has 0 nitrogen and oxygen atoms in total. The first-order chi connectivity index (χ1) is 6.78. The highest BCUT2D eigenvalue weighted by Crippen LogP contribution is 2.34. The van der Waals surface area contributed by atoms with Gasteiger partial charge in [-0.15, -0.1) is 0 Å². The van der Waals surface area contributed by atoms with Gasteiger partial charge in [0.1, 0.15) is 0 Å². The zero-order valence-corrected chi connectivity index (χ0v) is 12.1. The van der Waals surface area contributed by atoms with Gasteiger partial charge in [-0.2, -0.15) is 0 Å². The Hall–Kier alpha value is 0. The van der Waals surface area contributed by atoms with Crippen LogP contribution >= 0.6 is 0 Å². The monoisotopic (exact) mass is 212 g/mol. The molecule has 0 fully saturated rings. The van der Waals surface area contributed by atoms with Crippen LogP contribution in [0.5, 0.6) is 0 Å². The third-order valence-corrected chi connectivity index (χ3v) is 4.01. The summed E-state index contributed by atoms with van der Waals surface area (Å²) in [6.45, 7) is 16.6. The lowest BCUT2D eigenvalue weighted by atomic mass is 9.76. The molecule has 0 heteroatoms. The second-order valence-corrected chi connectivity index (χ2v) is 6.64. The van der Waals surface area contributed by atoms with Crippen LogP contribution < -0.4 is 0 Å². The molecule has 0 saturated carbocycles. The molecule has 0 saturated heterocycles. The van der Waals surface area contributed by atoms with Gasteiger partial charge in [-0.25, -0.2) is 0 Å². The van der Waals surface area contributed by atoms with Crippen molar-refractivity contribution < 1.29 is 0 Å². The Labute approximate surface area is 97.8 Å². The fourth-order valence-corrected chi connectivity index (χ4v) is 2.14. The molecule has 0 rings (SSSR count). The summed E-state index contributed by atoms with van der Waals surface area (Å²) >= 11 is 0. The lowest BCUT2D eigenvalue weighted by Gasteiger charge is -2.29. The van der Waals surface area contributed by atoms with Gasteiger partial charge >= 0.3 is 0 Å². The highest BCUT2D eigenvalue weighted by atomic mass is 14.3. The summed E-state index contributed by atoms with van der Waals surface area (Å²) in [5.41, 5.74) is 0.540. The molecule has 0 N–H and O–H groups in total. The standard InChI is InChI=1S/C15H32/c1-8-13(4)11-15(6,7)10-9-14(5)12(2)3/h12-14H,8-11H2,1-7H3. The summed E-state index contributed by atoms with van der Waals surface area (Å²) in [7, 11) is 0. The summed E-state index contributed by atoms with van der Waals surface area (Å²) < 4.78 is 0. The highest BCUT2D eigenvalue weighted by molar-refractivity contribution is 4.73. The molecule has 0 bridgehead atoms. The summed E-state index contributed by atoms with van der Waals surface area (Å²) in [5, 5.41) is 0. The molecule has 92 valence electrons. The van der Waals surface area contributed by atoms with Gasteiger partial charge < -0.3 is 0 Å². The first-order valence-electron chi connectivity index (χ1n) is 6.78. The van der Waals surface area contributed by atoms with Crippen LogP contribution in [0.3, 0.4) is 0 Å². The molecule has 0 aliphatic carbocycles. The van der Waals surface area contributed by atoms with Gasteiger partial charge in [0.15, 0.2) is 0 Å². The van der Waals surface area contributed by atoms with E-state index in [0.717, 1.165) is 17.8 Å². The van der Waals surface area contributed by atoms with Crippen LogP contribution in [0.4, 0.5) is 0 Å². The number of hydrogen-bond donors (Lipinski definition) is 0. The molecular formula is C15H32. The normalized spacial score (nSPS) is 16.8. The largest absolute Gasteiger partial charge is 0.0651 e. The maximum Gasteiger partial charge on any atom is -0.0352 e. The predicted molar refractivity (Wildman–Crippen MR) is 71.1 cm³/mol. The molecule has 0 aliphatic rings. The van der Waals surface area contributed by atoms with Crippen molar-refractivity contribution in [3.63, 3.8) is 0 Å². The van der Waals surface area contributed by atoms with Crippen LogP contribution in [-0.4, -0.2) is 0 Å². The van der Waals surface area contributed by atoms with E-state index in [0.29, 0.717) is 5.41 Å². The highest BCUT2D eigenvalue weighted by Gasteiger charge is 2.21. The van der Waals surface area contributed by atoms with Crippen molar-refractivity contribution in [1.82, 2.24) is 0 Å². The van der Waals surface area contributed by atoms with Crippen molar-refractivity contribution in [3.8, 4) is 0 Å². The van der Waals surface area contributed by atoms with E-state index < -0.39 is 0 Å². The molecular weight excluding hydrogens is 180 g/mol. The third-order valence-electron chi connectivity index (χ3n) is 4.01. The summed E-state index contributed by atoms with van der Waals surface area (Å²) in [6.07, 6.45) is 5.48. The lowest BCUT2D eigenvalue weighted by molar-refractivity contribution is 0.221. The molecule has 0 aliphatic heterocycles. The predicted octanol–water partition coefficient (Wildman–Crippen LogP) is 5.52.